The Hall–Kier alpha value is -2.21. The van der Waals surface area contributed by atoms with E-state index >= 15 is 0 Å². The quantitative estimate of drug-likeness (QED) is 0.718. The first-order valence-corrected chi connectivity index (χ1v) is 6.24. The summed E-state index contributed by atoms with van der Waals surface area (Å²) in [6.07, 6.45) is 7.14. The molecule has 0 spiro atoms. The van der Waals surface area contributed by atoms with E-state index in [4.69, 9.17) is 4.74 Å². The molecule has 6 heteroatoms. The third-order valence-electron chi connectivity index (χ3n) is 2.97. The van der Waals surface area contributed by atoms with Crippen LogP contribution in [-0.2, 0) is 4.74 Å². The zero-order valence-corrected chi connectivity index (χ0v) is 10.9. The van der Waals surface area contributed by atoms with E-state index in [0.29, 0.717) is 6.61 Å². The summed E-state index contributed by atoms with van der Waals surface area (Å²) < 4.78 is 9.24. The second kappa shape index (κ2) is 4.81. The summed E-state index contributed by atoms with van der Waals surface area (Å²) in [7, 11) is 0. The molecule has 3 rings (SSSR count). The van der Waals surface area contributed by atoms with Gasteiger partial charge in [-0.15, -0.1) is 0 Å². The lowest BCUT2D eigenvalue weighted by molar-refractivity contribution is 0.0160. The van der Waals surface area contributed by atoms with Crippen LogP contribution >= 0.6 is 0 Å². The van der Waals surface area contributed by atoms with Crippen molar-refractivity contribution in [2.75, 3.05) is 6.61 Å². The Balaban J connectivity index is 2.00. The molecule has 0 saturated heterocycles. The van der Waals surface area contributed by atoms with Gasteiger partial charge in [0.1, 0.15) is 18.2 Å². The molecule has 1 unspecified atom stereocenters. The Morgan fingerprint density at radius 3 is 3.11 bits per heavy atom. The summed E-state index contributed by atoms with van der Waals surface area (Å²) in [5, 5.41) is 4.32. The third-order valence-corrected chi connectivity index (χ3v) is 2.97. The first-order valence-electron chi connectivity index (χ1n) is 6.24. The van der Waals surface area contributed by atoms with Crippen molar-refractivity contribution in [3.8, 4) is 11.4 Å². The number of nitrogens with zero attached hydrogens (tertiary/aromatic N) is 5. The van der Waals surface area contributed by atoms with Crippen molar-refractivity contribution in [3.63, 3.8) is 0 Å². The van der Waals surface area contributed by atoms with Gasteiger partial charge in [-0.2, -0.15) is 5.10 Å². The smallest absolute Gasteiger partial charge is 0.150 e. The van der Waals surface area contributed by atoms with Crippen LogP contribution < -0.4 is 0 Å². The number of hydrogen-bond donors (Lipinski definition) is 0. The molecule has 0 fully saturated rings. The maximum absolute atomic E-state index is 5.51. The van der Waals surface area contributed by atoms with E-state index in [-0.39, 0.29) is 6.23 Å². The van der Waals surface area contributed by atoms with Crippen molar-refractivity contribution >= 4 is 5.65 Å². The van der Waals surface area contributed by atoms with Gasteiger partial charge in [0.15, 0.2) is 5.82 Å². The highest BCUT2D eigenvalue weighted by molar-refractivity contribution is 5.57. The van der Waals surface area contributed by atoms with Crippen molar-refractivity contribution in [1.82, 2.24) is 24.1 Å². The van der Waals surface area contributed by atoms with Gasteiger partial charge in [-0.25, -0.2) is 14.6 Å². The Morgan fingerprint density at radius 1 is 1.37 bits per heavy atom. The summed E-state index contributed by atoms with van der Waals surface area (Å²) in [5.41, 5.74) is 1.81. The van der Waals surface area contributed by atoms with Crippen molar-refractivity contribution in [2.24, 2.45) is 0 Å². The standard InChI is InChI=1S/C13H15N5O/c1-3-19-10(2)18-8-11(7-16-18)13-15-9-14-12-5-4-6-17(12)13/h4-10H,3H2,1-2H3. The molecular weight excluding hydrogens is 242 g/mol. The maximum atomic E-state index is 5.51. The molecule has 3 heterocycles. The normalized spacial score (nSPS) is 12.9. The van der Waals surface area contributed by atoms with Crippen LogP contribution in [0, 0.1) is 0 Å². The van der Waals surface area contributed by atoms with Crippen molar-refractivity contribution in [1.29, 1.82) is 0 Å². The van der Waals surface area contributed by atoms with Gasteiger partial charge in [-0.1, -0.05) is 0 Å². The van der Waals surface area contributed by atoms with Crippen molar-refractivity contribution < 1.29 is 4.74 Å². The highest BCUT2D eigenvalue weighted by Crippen LogP contribution is 2.19. The lowest BCUT2D eigenvalue weighted by atomic mass is 10.3. The predicted molar refractivity (Wildman–Crippen MR) is 70.5 cm³/mol. The predicted octanol–water partition coefficient (Wildman–Crippen LogP) is 2.15. The second-order valence-electron chi connectivity index (χ2n) is 4.20. The fourth-order valence-corrected chi connectivity index (χ4v) is 2.04. The molecule has 6 nitrogen and oxygen atoms in total. The molecule has 19 heavy (non-hydrogen) atoms. The fourth-order valence-electron chi connectivity index (χ4n) is 2.04. The average molecular weight is 257 g/mol. The van der Waals surface area contributed by atoms with Gasteiger partial charge >= 0.3 is 0 Å². The van der Waals surface area contributed by atoms with Crippen molar-refractivity contribution in [3.05, 3.63) is 37.1 Å². The lowest BCUT2D eigenvalue weighted by Gasteiger charge is -2.11. The second-order valence-corrected chi connectivity index (χ2v) is 4.20. The molecule has 3 aromatic rings. The van der Waals surface area contributed by atoms with E-state index < -0.39 is 0 Å². The molecule has 3 aromatic heterocycles. The molecule has 0 aromatic carbocycles. The molecule has 0 amide bonds. The number of rotatable bonds is 4. The first kappa shape index (κ1) is 11.9. The minimum absolute atomic E-state index is 0.0826. The fraction of sp³-hybridized carbons (Fsp3) is 0.308. The third kappa shape index (κ3) is 2.10. The van der Waals surface area contributed by atoms with Crippen LogP contribution in [0.1, 0.15) is 20.1 Å². The number of hydrogen-bond acceptors (Lipinski definition) is 4. The summed E-state index contributed by atoms with van der Waals surface area (Å²) in [5.74, 6) is 0.824. The maximum Gasteiger partial charge on any atom is 0.150 e. The van der Waals surface area contributed by atoms with Crippen LogP contribution in [0.3, 0.4) is 0 Å². The van der Waals surface area contributed by atoms with E-state index in [9.17, 15) is 0 Å². The zero-order valence-electron chi connectivity index (χ0n) is 10.9. The summed E-state index contributed by atoms with van der Waals surface area (Å²) >= 11 is 0. The first-order chi connectivity index (χ1) is 9.29. The molecule has 0 aliphatic carbocycles. The average Bonchev–Trinajstić information content (AvgIpc) is 3.07. The minimum atomic E-state index is -0.0826. The van der Waals surface area contributed by atoms with E-state index in [1.54, 1.807) is 17.2 Å². The summed E-state index contributed by atoms with van der Waals surface area (Å²) in [6.45, 7) is 4.59. The number of aromatic nitrogens is 5. The Bertz CT molecular complexity index is 687. The van der Waals surface area contributed by atoms with Crippen LogP contribution in [0.2, 0.25) is 0 Å². The molecule has 0 bridgehead atoms. The molecule has 0 aliphatic rings. The van der Waals surface area contributed by atoms with Crippen LogP contribution in [0.4, 0.5) is 0 Å². The van der Waals surface area contributed by atoms with Gasteiger partial charge in [0.2, 0.25) is 0 Å². The number of ether oxygens (including phenoxy) is 1. The summed E-state index contributed by atoms with van der Waals surface area (Å²) in [6, 6.07) is 3.89. The van der Waals surface area contributed by atoms with E-state index in [0.717, 1.165) is 17.0 Å². The Labute approximate surface area is 110 Å². The van der Waals surface area contributed by atoms with E-state index in [1.165, 1.54) is 0 Å². The van der Waals surface area contributed by atoms with Crippen molar-refractivity contribution in [2.45, 2.75) is 20.1 Å². The van der Waals surface area contributed by atoms with Crippen LogP contribution in [0.15, 0.2) is 37.1 Å². The molecule has 1 atom stereocenters. The summed E-state index contributed by atoms with van der Waals surface area (Å²) in [4.78, 5) is 8.52. The monoisotopic (exact) mass is 257 g/mol. The van der Waals surface area contributed by atoms with Crippen LogP contribution in [0.25, 0.3) is 17.0 Å². The Kier molecular flexibility index (Phi) is 3.00. The Morgan fingerprint density at radius 2 is 2.26 bits per heavy atom. The van der Waals surface area contributed by atoms with Gasteiger partial charge in [-0.05, 0) is 26.0 Å². The van der Waals surface area contributed by atoms with Gasteiger partial charge in [0.05, 0.1) is 11.8 Å². The van der Waals surface area contributed by atoms with Gasteiger partial charge in [0.25, 0.3) is 0 Å². The number of fused-ring (bicyclic) bond motifs is 1. The van der Waals surface area contributed by atoms with Gasteiger partial charge in [-0.3, -0.25) is 4.40 Å². The van der Waals surface area contributed by atoms with Crippen LogP contribution in [0.5, 0.6) is 0 Å². The molecule has 0 radical (unpaired) electrons. The van der Waals surface area contributed by atoms with Crippen LogP contribution in [-0.4, -0.2) is 30.8 Å². The molecule has 98 valence electrons. The minimum Gasteiger partial charge on any atom is -0.357 e. The zero-order chi connectivity index (χ0) is 13.2. The lowest BCUT2D eigenvalue weighted by Crippen LogP contribution is -2.09. The van der Waals surface area contributed by atoms with E-state index in [2.05, 4.69) is 15.1 Å². The topological polar surface area (TPSA) is 57.2 Å². The highest BCUT2D eigenvalue weighted by atomic mass is 16.5. The molecule has 0 saturated carbocycles. The SMILES string of the molecule is CCOC(C)n1cc(-c2ncnc3cccn23)cn1. The molecular formula is C13H15N5O. The molecule has 0 aliphatic heterocycles. The van der Waals surface area contributed by atoms with Gasteiger partial charge in [0, 0.05) is 19.0 Å². The van der Waals surface area contributed by atoms with Gasteiger partial charge < -0.3 is 4.74 Å². The van der Waals surface area contributed by atoms with E-state index in [1.807, 2.05) is 42.8 Å². The highest BCUT2D eigenvalue weighted by Gasteiger charge is 2.10. The largest absolute Gasteiger partial charge is 0.357 e. The molecule has 0 N–H and O–H groups in total.